The Morgan fingerprint density at radius 3 is 1.52 bits per heavy atom. The maximum Gasteiger partial charge on any atom is 0.356 e. The van der Waals surface area contributed by atoms with Gasteiger partial charge in [0.15, 0.2) is 12.0 Å². The van der Waals surface area contributed by atoms with Crippen molar-refractivity contribution in [2.75, 3.05) is 6.61 Å². The van der Waals surface area contributed by atoms with Crippen molar-refractivity contribution < 1.29 is 53.7 Å². The third-order valence-electron chi connectivity index (χ3n) is 4.59. The van der Waals surface area contributed by atoms with E-state index in [2.05, 4.69) is 4.74 Å². The summed E-state index contributed by atoms with van der Waals surface area (Å²) in [4.78, 5) is 0. The van der Waals surface area contributed by atoms with E-state index < -0.39 is 60.3 Å². The first kappa shape index (κ1) is 18.6. The van der Waals surface area contributed by atoms with E-state index in [1.54, 1.807) is 0 Å². The molecule has 0 radical (unpaired) electrons. The van der Waals surface area contributed by atoms with Crippen molar-refractivity contribution in [2.24, 2.45) is 0 Å². The van der Waals surface area contributed by atoms with Crippen molar-refractivity contribution in [1.29, 1.82) is 0 Å². The van der Waals surface area contributed by atoms with Crippen LogP contribution in [0.4, 0.5) is 43.9 Å². The van der Waals surface area contributed by atoms with Crippen molar-refractivity contribution in [1.82, 2.24) is 0 Å². The van der Waals surface area contributed by atoms with Crippen LogP contribution in [-0.2, 0) is 4.74 Å². The van der Waals surface area contributed by atoms with Crippen molar-refractivity contribution >= 4 is 0 Å². The van der Waals surface area contributed by atoms with Crippen LogP contribution in [0.25, 0.3) is 0 Å². The first-order valence-electron chi connectivity index (χ1n) is 6.10. The van der Waals surface area contributed by atoms with Gasteiger partial charge in [-0.1, -0.05) is 0 Å². The first-order chi connectivity index (χ1) is 9.92. The van der Waals surface area contributed by atoms with E-state index in [4.69, 9.17) is 5.11 Å². The standard InChI is InChI=1S/C11H10F10O2/c1-4(22)23-3-6(13)5(2,12)7(14)9(16,17)8(6,15)11(20,21)10(7,18)19/h4,22H,3H2,1-2H3. The van der Waals surface area contributed by atoms with E-state index in [1.807, 2.05) is 0 Å². The van der Waals surface area contributed by atoms with Gasteiger partial charge in [0.2, 0.25) is 5.67 Å². The molecule has 23 heavy (non-hydrogen) atoms. The molecule has 0 saturated heterocycles. The summed E-state index contributed by atoms with van der Waals surface area (Å²) in [5, 5.41) is 8.73. The molecule has 0 aromatic heterocycles. The van der Waals surface area contributed by atoms with Crippen molar-refractivity contribution in [2.45, 2.75) is 60.6 Å². The fourth-order valence-corrected chi connectivity index (χ4v) is 3.22. The molecule has 0 aromatic rings. The summed E-state index contributed by atoms with van der Waals surface area (Å²) in [6.45, 7) is -2.18. The van der Waals surface area contributed by atoms with Gasteiger partial charge in [0.1, 0.15) is 0 Å². The van der Waals surface area contributed by atoms with Gasteiger partial charge in [-0.2, -0.15) is 26.3 Å². The third-order valence-corrected chi connectivity index (χ3v) is 4.59. The van der Waals surface area contributed by atoms with E-state index in [0.717, 1.165) is 0 Å². The lowest BCUT2D eigenvalue weighted by Gasteiger charge is -2.48. The predicted molar refractivity (Wildman–Crippen MR) is 53.5 cm³/mol. The molecule has 0 amide bonds. The van der Waals surface area contributed by atoms with Gasteiger partial charge in [-0.25, -0.2) is 17.6 Å². The lowest BCUT2D eigenvalue weighted by molar-refractivity contribution is -0.355. The van der Waals surface area contributed by atoms with Crippen molar-refractivity contribution in [3.05, 3.63) is 0 Å². The van der Waals surface area contributed by atoms with Crippen LogP contribution in [0, 0.1) is 0 Å². The fraction of sp³-hybridized carbons (Fsp3) is 1.00. The number of rotatable bonds is 3. The Labute approximate surface area is 122 Å². The van der Waals surface area contributed by atoms with E-state index in [-0.39, 0.29) is 0 Å². The quantitative estimate of drug-likeness (QED) is 0.616. The second-order valence-electron chi connectivity index (χ2n) is 5.75. The number of aliphatic hydroxyl groups excluding tert-OH is 1. The Hall–Kier alpha value is -0.780. The maximum atomic E-state index is 14.6. The summed E-state index contributed by atoms with van der Waals surface area (Å²) in [7, 11) is 0. The highest BCUT2D eigenvalue weighted by Gasteiger charge is 3.14. The Morgan fingerprint density at radius 2 is 1.17 bits per heavy atom. The highest BCUT2D eigenvalue weighted by atomic mass is 19.3. The van der Waals surface area contributed by atoms with E-state index in [0.29, 0.717) is 6.92 Å². The number of hydrogen-bond donors (Lipinski definition) is 1. The van der Waals surface area contributed by atoms with Gasteiger partial charge in [-0.15, -0.1) is 0 Å². The summed E-state index contributed by atoms with van der Waals surface area (Å²) in [6, 6.07) is 0. The summed E-state index contributed by atoms with van der Waals surface area (Å²) in [5.41, 5.74) is -22.7. The van der Waals surface area contributed by atoms with Gasteiger partial charge >= 0.3 is 17.8 Å². The molecule has 0 aliphatic heterocycles. The molecule has 2 bridgehead atoms. The van der Waals surface area contributed by atoms with Gasteiger partial charge in [-0.05, 0) is 13.8 Å². The molecule has 1 N–H and O–H groups in total. The number of alkyl halides is 10. The molecule has 0 spiro atoms. The lowest BCUT2D eigenvalue weighted by Crippen LogP contribution is -2.77. The number of aliphatic hydroxyl groups is 1. The molecule has 2 aliphatic rings. The minimum absolute atomic E-state index is 0.517. The lowest BCUT2D eigenvalue weighted by atomic mass is 9.69. The maximum absolute atomic E-state index is 14.6. The zero-order valence-electron chi connectivity index (χ0n) is 11.4. The minimum Gasteiger partial charge on any atom is -0.368 e. The normalized spacial score (nSPS) is 51.0. The zero-order valence-corrected chi connectivity index (χ0v) is 11.4. The highest BCUT2D eigenvalue weighted by Crippen LogP contribution is 2.82. The molecule has 0 heterocycles. The summed E-state index contributed by atoms with van der Waals surface area (Å²) in [5.74, 6) is -19.5. The topological polar surface area (TPSA) is 29.5 Å². The van der Waals surface area contributed by atoms with Gasteiger partial charge < -0.3 is 9.84 Å². The molecule has 5 unspecified atom stereocenters. The molecule has 5 atom stereocenters. The summed E-state index contributed by atoms with van der Waals surface area (Å²) < 4.78 is 143. The molecular formula is C11H10F10O2. The largest absolute Gasteiger partial charge is 0.368 e. The average molecular weight is 364 g/mol. The van der Waals surface area contributed by atoms with Crippen molar-refractivity contribution in [3.8, 4) is 0 Å². The average Bonchev–Trinajstić information content (AvgIpc) is 2.50. The van der Waals surface area contributed by atoms with Gasteiger partial charge in [0, 0.05) is 0 Å². The molecule has 2 saturated carbocycles. The molecule has 2 rings (SSSR count). The van der Waals surface area contributed by atoms with Crippen LogP contribution in [0.5, 0.6) is 0 Å². The Balaban J connectivity index is 2.81. The molecule has 2 aliphatic carbocycles. The van der Waals surface area contributed by atoms with Crippen LogP contribution < -0.4 is 0 Å². The Kier molecular flexibility index (Phi) is 3.28. The predicted octanol–water partition coefficient (Wildman–Crippen LogP) is 3.13. The molecule has 0 aromatic carbocycles. The molecule has 12 heteroatoms. The first-order valence-corrected chi connectivity index (χ1v) is 6.10. The van der Waals surface area contributed by atoms with Gasteiger partial charge in [0.25, 0.3) is 11.3 Å². The fourth-order valence-electron chi connectivity index (χ4n) is 3.22. The van der Waals surface area contributed by atoms with Gasteiger partial charge in [-0.3, -0.25) is 0 Å². The molecule has 2 fully saturated rings. The number of halogens is 10. The van der Waals surface area contributed by atoms with Crippen LogP contribution in [0.3, 0.4) is 0 Å². The second kappa shape index (κ2) is 4.06. The summed E-state index contributed by atoms with van der Waals surface area (Å²) >= 11 is 0. The van der Waals surface area contributed by atoms with Crippen LogP contribution in [0.2, 0.25) is 0 Å². The molecular weight excluding hydrogens is 354 g/mol. The minimum atomic E-state index is -6.58. The number of fused-ring (bicyclic) bond motifs is 2. The van der Waals surface area contributed by atoms with E-state index in [1.165, 1.54) is 0 Å². The Morgan fingerprint density at radius 1 is 0.783 bits per heavy atom. The highest BCUT2D eigenvalue weighted by molar-refractivity contribution is 5.49. The summed E-state index contributed by atoms with van der Waals surface area (Å²) in [6.07, 6.45) is -2.08. The van der Waals surface area contributed by atoms with E-state index >= 15 is 0 Å². The van der Waals surface area contributed by atoms with Gasteiger partial charge in [0.05, 0.1) is 6.61 Å². The smallest absolute Gasteiger partial charge is 0.356 e. The molecule has 136 valence electrons. The molecule has 2 nitrogen and oxygen atoms in total. The van der Waals surface area contributed by atoms with Crippen LogP contribution in [0.15, 0.2) is 0 Å². The van der Waals surface area contributed by atoms with Crippen LogP contribution in [-0.4, -0.2) is 58.4 Å². The second-order valence-corrected chi connectivity index (χ2v) is 5.75. The van der Waals surface area contributed by atoms with E-state index in [9.17, 15) is 43.9 Å². The Bertz CT molecular complexity index is 535. The third kappa shape index (κ3) is 1.31. The number of hydrogen-bond acceptors (Lipinski definition) is 2. The van der Waals surface area contributed by atoms with Crippen LogP contribution in [0.1, 0.15) is 13.8 Å². The monoisotopic (exact) mass is 364 g/mol. The SMILES string of the molecule is CC(O)OCC1(F)C(C)(F)C2(F)C(F)(F)C(F)(F)C1(F)C2(F)F. The number of ether oxygens (including phenoxy) is 1. The van der Waals surface area contributed by atoms with Crippen LogP contribution >= 0.6 is 0 Å². The van der Waals surface area contributed by atoms with Crippen molar-refractivity contribution in [3.63, 3.8) is 0 Å². The zero-order chi connectivity index (χ0) is 18.5.